The van der Waals surface area contributed by atoms with Crippen LogP contribution in [0.1, 0.15) is 74.8 Å². The number of rotatable bonds is 6. The summed E-state index contributed by atoms with van der Waals surface area (Å²) in [4.78, 5) is 1.54. The third kappa shape index (κ3) is 5.05. The van der Waals surface area contributed by atoms with E-state index in [0.29, 0.717) is 17.6 Å². The van der Waals surface area contributed by atoms with E-state index in [1.54, 1.807) is 17.9 Å². The molecule has 1 aliphatic heterocycles. The molecule has 0 spiro atoms. The minimum Gasteiger partial charge on any atom is -0.283 e. The zero-order valence-electron chi connectivity index (χ0n) is 20.0. The smallest absolute Gasteiger partial charge is 0.257 e. The standard InChI is InChI=1S/C29H31F4N/c1-5-20-9-11-23(12-10-20)24-13-18(2)34(17-29(4,32)33)28(19(24)3)27-25(30)15-22(16-26(27)31)14-21-7-6-8-21/h5,9-12,14-16,18,28H,1,6-8,13,17H2,2-4H3/t18-,28?/m1/s1. The van der Waals surface area contributed by atoms with Crippen LogP contribution >= 0.6 is 0 Å². The molecule has 0 aromatic heterocycles. The highest BCUT2D eigenvalue weighted by molar-refractivity contribution is 5.72. The van der Waals surface area contributed by atoms with Crippen molar-refractivity contribution in [2.24, 2.45) is 0 Å². The van der Waals surface area contributed by atoms with Gasteiger partial charge in [-0.1, -0.05) is 48.6 Å². The van der Waals surface area contributed by atoms with Crippen molar-refractivity contribution in [2.75, 3.05) is 6.54 Å². The molecule has 1 unspecified atom stereocenters. The van der Waals surface area contributed by atoms with E-state index in [1.807, 2.05) is 37.3 Å². The van der Waals surface area contributed by atoms with Gasteiger partial charge in [-0.15, -0.1) is 0 Å². The lowest BCUT2D eigenvalue weighted by atomic mass is 9.82. The minimum atomic E-state index is -3.00. The number of halogens is 4. The van der Waals surface area contributed by atoms with Gasteiger partial charge in [0.05, 0.1) is 12.6 Å². The third-order valence-electron chi connectivity index (χ3n) is 6.98. The molecule has 0 amide bonds. The van der Waals surface area contributed by atoms with Crippen molar-refractivity contribution in [3.05, 3.63) is 88.0 Å². The summed E-state index contributed by atoms with van der Waals surface area (Å²) in [6.07, 6.45) is 7.07. The lowest BCUT2D eigenvalue weighted by molar-refractivity contribution is -0.0360. The fraction of sp³-hybridized carbons (Fsp3) is 0.379. The molecule has 1 saturated carbocycles. The Labute approximate surface area is 199 Å². The summed E-state index contributed by atoms with van der Waals surface area (Å²) in [6, 6.07) is 9.17. The molecule has 2 atom stereocenters. The van der Waals surface area contributed by atoms with Gasteiger partial charge in [-0.05, 0) is 79.5 Å². The number of nitrogens with zero attached hydrogens (tertiary/aromatic N) is 1. The van der Waals surface area contributed by atoms with Crippen LogP contribution in [0.4, 0.5) is 17.6 Å². The highest BCUT2D eigenvalue weighted by Gasteiger charge is 2.40. The Balaban J connectivity index is 1.84. The quantitative estimate of drug-likeness (QED) is 0.384. The van der Waals surface area contributed by atoms with Crippen LogP contribution in [-0.2, 0) is 0 Å². The first kappa shape index (κ1) is 24.5. The van der Waals surface area contributed by atoms with Crippen molar-refractivity contribution in [1.29, 1.82) is 0 Å². The molecule has 2 aromatic carbocycles. The maximum absolute atomic E-state index is 15.5. The first-order valence-corrected chi connectivity index (χ1v) is 11.8. The van der Waals surface area contributed by atoms with Gasteiger partial charge in [0.1, 0.15) is 11.6 Å². The van der Waals surface area contributed by atoms with Gasteiger partial charge >= 0.3 is 0 Å². The van der Waals surface area contributed by atoms with Crippen LogP contribution in [0.3, 0.4) is 0 Å². The average molecular weight is 470 g/mol. The van der Waals surface area contributed by atoms with Crippen LogP contribution in [0, 0.1) is 11.6 Å². The molecule has 0 saturated heterocycles. The highest BCUT2D eigenvalue weighted by Crippen LogP contribution is 2.45. The van der Waals surface area contributed by atoms with Crippen molar-refractivity contribution in [3.63, 3.8) is 0 Å². The van der Waals surface area contributed by atoms with Crippen LogP contribution in [0.15, 0.2) is 54.1 Å². The predicted molar refractivity (Wildman–Crippen MR) is 131 cm³/mol. The molecule has 1 fully saturated rings. The SMILES string of the molecule is C=Cc1ccc(C2=C(C)C(c3c(F)cc(C=C4CCC4)cc3F)N(CC(C)(F)F)[C@H](C)C2)cc1. The molecule has 4 rings (SSSR count). The van der Waals surface area contributed by atoms with E-state index in [4.69, 9.17) is 0 Å². The predicted octanol–water partition coefficient (Wildman–Crippen LogP) is 8.44. The van der Waals surface area contributed by atoms with Crippen molar-refractivity contribution in [3.8, 4) is 0 Å². The van der Waals surface area contributed by atoms with E-state index in [0.717, 1.165) is 42.9 Å². The van der Waals surface area contributed by atoms with E-state index in [2.05, 4.69) is 6.58 Å². The Morgan fingerprint density at radius 3 is 2.18 bits per heavy atom. The molecule has 5 heteroatoms. The van der Waals surface area contributed by atoms with Gasteiger partial charge in [0.15, 0.2) is 0 Å². The van der Waals surface area contributed by atoms with Gasteiger partial charge in [-0.3, -0.25) is 4.90 Å². The normalized spacial score (nSPS) is 21.4. The van der Waals surface area contributed by atoms with Crippen molar-refractivity contribution in [2.45, 2.75) is 64.5 Å². The summed E-state index contributed by atoms with van der Waals surface area (Å²) in [5, 5.41) is 0. The summed E-state index contributed by atoms with van der Waals surface area (Å²) < 4.78 is 59.4. The number of hydrogen-bond donors (Lipinski definition) is 0. The molecule has 2 aromatic rings. The Morgan fingerprint density at radius 1 is 1.06 bits per heavy atom. The lowest BCUT2D eigenvalue weighted by Crippen LogP contribution is -2.46. The first-order chi connectivity index (χ1) is 16.1. The van der Waals surface area contributed by atoms with Crippen LogP contribution in [0.2, 0.25) is 0 Å². The molecular weight excluding hydrogens is 438 g/mol. The molecule has 0 radical (unpaired) electrons. The topological polar surface area (TPSA) is 3.24 Å². The maximum Gasteiger partial charge on any atom is 0.257 e. The maximum atomic E-state index is 15.5. The van der Waals surface area contributed by atoms with Gasteiger partial charge < -0.3 is 0 Å². The number of hydrogen-bond acceptors (Lipinski definition) is 1. The molecule has 1 heterocycles. The fourth-order valence-electron chi connectivity index (χ4n) is 5.07. The minimum absolute atomic E-state index is 0.163. The monoisotopic (exact) mass is 469 g/mol. The highest BCUT2D eigenvalue weighted by atomic mass is 19.3. The first-order valence-electron chi connectivity index (χ1n) is 11.8. The second-order valence-corrected chi connectivity index (χ2v) is 9.74. The molecule has 1 nitrogen and oxygen atoms in total. The van der Waals surface area contributed by atoms with E-state index >= 15 is 8.78 Å². The summed E-state index contributed by atoms with van der Waals surface area (Å²) in [5.74, 6) is -4.40. The molecule has 0 N–H and O–H groups in total. The molecule has 180 valence electrons. The van der Waals surface area contributed by atoms with Crippen LogP contribution in [0.25, 0.3) is 17.7 Å². The summed E-state index contributed by atoms with van der Waals surface area (Å²) >= 11 is 0. The Morgan fingerprint density at radius 2 is 1.68 bits per heavy atom. The van der Waals surface area contributed by atoms with E-state index in [1.165, 1.54) is 17.7 Å². The zero-order chi connectivity index (χ0) is 24.6. The van der Waals surface area contributed by atoms with Crippen LogP contribution < -0.4 is 0 Å². The van der Waals surface area contributed by atoms with Gasteiger partial charge in [0.25, 0.3) is 5.92 Å². The number of benzene rings is 2. The summed E-state index contributed by atoms with van der Waals surface area (Å²) in [6.45, 7) is 7.68. The van der Waals surface area contributed by atoms with Crippen molar-refractivity contribution < 1.29 is 17.6 Å². The average Bonchev–Trinajstić information content (AvgIpc) is 2.74. The zero-order valence-corrected chi connectivity index (χ0v) is 20.0. The Bertz CT molecular complexity index is 1110. The molecule has 2 aliphatic rings. The van der Waals surface area contributed by atoms with Crippen molar-refractivity contribution >= 4 is 17.7 Å². The Kier molecular flexibility index (Phi) is 6.86. The van der Waals surface area contributed by atoms with Gasteiger partial charge in [0.2, 0.25) is 0 Å². The summed E-state index contributed by atoms with van der Waals surface area (Å²) in [5.41, 5.74) is 5.00. The van der Waals surface area contributed by atoms with Crippen LogP contribution in [0.5, 0.6) is 0 Å². The van der Waals surface area contributed by atoms with E-state index in [9.17, 15) is 8.78 Å². The largest absolute Gasteiger partial charge is 0.283 e. The number of allylic oxidation sites excluding steroid dienone is 1. The number of alkyl halides is 2. The lowest BCUT2D eigenvalue weighted by Gasteiger charge is -2.44. The van der Waals surface area contributed by atoms with Gasteiger partial charge in [0, 0.05) is 18.5 Å². The molecule has 34 heavy (non-hydrogen) atoms. The molecular formula is C29H31F4N. The fourth-order valence-corrected chi connectivity index (χ4v) is 5.07. The Hall–Kier alpha value is -2.66. The van der Waals surface area contributed by atoms with E-state index < -0.39 is 30.1 Å². The molecule has 0 bridgehead atoms. The van der Waals surface area contributed by atoms with Crippen LogP contribution in [-0.4, -0.2) is 23.4 Å². The second-order valence-electron chi connectivity index (χ2n) is 9.74. The van der Waals surface area contributed by atoms with Crippen molar-refractivity contribution in [1.82, 2.24) is 4.90 Å². The second kappa shape index (κ2) is 9.53. The van der Waals surface area contributed by atoms with Gasteiger partial charge in [-0.25, -0.2) is 17.6 Å². The molecule has 1 aliphatic carbocycles. The summed E-state index contributed by atoms with van der Waals surface area (Å²) in [7, 11) is 0. The van der Waals surface area contributed by atoms with E-state index in [-0.39, 0.29) is 11.6 Å². The third-order valence-corrected chi connectivity index (χ3v) is 6.98. The van der Waals surface area contributed by atoms with Gasteiger partial charge in [-0.2, -0.15) is 0 Å².